The van der Waals surface area contributed by atoms with Crippen LogP contribution in [0.2, 0.25) is 0 Å². The molecule has 0 radical (unpaired) electrons. The van der Waals surface area contributed by atoms with E-state index in [1.807, 2.05) is 43.3 Å². The van der Waals surface area contributed by atoms with E-state index in [1.165, 1.54) is 16.3 Å². The fourth-order valence-electron chi connectivity index (χ4n) is 3.11. The summed E-state index contributed by atoms with van der Waals surface area (Å²) in [7, 11) is 0. The molecule has 0 fully saturated rings. The topological polar surface area (TPSA) is 41.1 Å². The highest BCUT2D eigenvalue weighted by atomic mass is 16.2. The molecule has 0 aliphatic rings. The maximum Gasteiger partial charge on any atom is 0.237 e. The second-order valence-electron chi connectivity index (χ2n) is 6.38. The Kier molecular flexibility index (Phi) is 5.46. The van der Waals surface area contributed by atoms with Crippen molar-refractivity contribution in [2.24, 2.45) is 0 Å². The summed E-state index contributed by atoms with van der Waals surface area (Å²) < 4.78 is 0. The molecule has 3 rings (SSSR count). The number of amides is 1. The summed E-state index contributed by atoms with van der Waals surface area (Å²) in [5.74, 6) is 0.0101. The van der Waals surface area contributed by atoms with Crippen molar-refractivity contribution in [3.63, 3.8) is 0 Å². The molecular formula is C22H24N2O. The zero-order chi connectivity index (χ0) is 17.6. The molecule has 0 aliphatic heterocycles. The predicted octanol–water partition coefficient (Wildman–Crippen LogP) is 4.20. The molecule has 25 heavy (non-hydrogen) atoms. The average Bonchev–Trinajstić information content (AvgIpc) is 2.66. The molecule has 2 N–H and O–H groups in total. The molecule has 0 aliphatic carbocycles. The molecular weight excluding hydrogens is 308 g/mol. The van der Waals surface area contributed by atoms with E-state index in [0.717, 1.165) is 5.56 Å². The molecule has 0 spiro atoms. The van der Waals surface area contributed by atoms with E-state index < -0.39 is 0 Å². The Morgan fingerprint density at radius 1 is 0.880 bits per heavy atom. The number of nitrogens with one attached hydrogen (secondary N) is 2. The van der Waals surface area contributed by atoms with Gasteiger partial charge >= 0.3 is 0 Å². The van der Waals surface area contributed by atoms with Crippen molar-refractivity contribution in [2.45, 2.75) is 32.5 Å². The fourth-order valence-corrected chi connectivity index (χ4v) is 3.11. The lowest BCUT2D eigenvalue weighted by Gasteiger charge is -2.21. The molecule has 0 heterocycles. The molecule has 1 amide bonds. The molecule has 3 aromatic carbocycles. The van der Waals surface area contributed by atoms with Gasteiger partial charge in [0.25, 0.3) is 0 Å². The minimum absolute atomic E-state index is 0.0101. The van der Waals surface area contributed by atoms with Crippen LogP contribution in [0.5, 0.6) is 0 Å². The Morgan fingerprint density at radius 3 is 2.36 bits per heavy atom. The second kappa shape index (κ2) is 7.95. The third-order valence-corrected chi connectivity index (χ3v) is 4.49. The van der Waals surface area contributed by atoms with E-state index in [0.29, 0.717) is 6.54 Å². The van der Waals surface area contributed by atoms with Crippen LogP contribution >= 0.6 is 0 Å². The van der Waals surface area contributed by atoms with Gasteiger partial charge in [-0.25, -0.2) is 0 Å². The lowest BCUT2D eigenvalue weighted by atomic mass is 9.99. The van der Waals surface area contributed by atoms with Gasteiger partial charge in [-0.2, -0.15) is 0 Å². The van der Waals surface area contributed by atoms with Crippen molar-refractivity contribution in [1.29, 1.82) is 0 Å². The first-order valence-electron chi connectivity index (χ1n) is 8.70. The van der Waals surface area contributed by atoms with Gasteiger partial charge in [-0.15, -0.1) is 0 Å². The van der Waals surface area contributed by atoms with Crippen LogP contribution in [0, 0.1) is 0 Å². The van der Waals surface area contributed by atoms with Crippen molar-refractivity contribution < 1.29 is 4.79 Å². The quantitative estimate of drug-likeness (QED) is 0.710. The highest BCUT2D eigenvalue weighted by molar-refractivity contribution is 5.86. The molecule has 2 atom stereocenters. The SMILES string of the molecule is CC(NC(C)c1cccc2ccccc12)C(=O)NCc1ccccc1. The summed E-state index contributed by atoms with van der Waals surface area (Å²) in [4.78, 5) is 12.4. The summed E-state index contributed by atoms with van der Waals surface area (Å²) in [6.45, 7) is 4.55. The van der Waals surface area contributed by atoms with Crippen molar-refractivity contribution in [3.05, 3.63) is 83.9 Å². The monoisotopic (exact) mass is 332 g/mol. The van der Waals surface area contributed by atoms with Gasteiger partial charge in [-0.05, 0) is 35.7 Å². The van der Waals surface area contributed by atoms with Crippen molar-refractivity contribution in [1.82, 2.24) is 10.6 Å². The van der Waals surface area contributed by atoms with Gasteiger partial charge in [-0.1, -0.05) is 72.8 Å². The molecule has 3 nitrogen and oxygen atoms in total. The number of carbonyl (C=O) groups excluding carboxylic acids is 1. The third-order valence-electron chi connectivity index (χ3n) is 4.49. The zero-order valence-corrected chi connectivity index (χ0v) is 14.7. The van der Waals surface area contributed by atoms with E-state index in [1.54, 1.807) is 0 Å². The van der Waals surface area contributed by atoms with Crippen LogP contribution in [-0.4, -0.2) is 11.9 Å². The van der Waals surface area contributed by atoms with Gasteiger partial charge in [0.2, 0.25) is 5.91 Å². The molecule has 0 bridgehead atoms. The van der Waals surface area contributed by atoms with Gasteiger partial charge in [0.05, 0.1) is 6.04 Å². The van der Waals surface area contributed by atoms with E-state index in [2.05, 4.69) is 54.0 Å². The first-order valence-corrected chi connectivity index (χ1v) is 8.70. The Bertz CT molecular complexity index is 840. The van der Waals surface area contributed by atoms with Gasteiger partial charge in [0.1, 0.15) is 0 Å². The van der Waals surface area contributed by atoms with Crippen molar-refractivity contribution in [3.8, 4) is 0 Å². The first-order chi connectivity index (χ1) is 12.1. The van der Waals surface area contributed by atoms with Crippen molar-refractivity contribution in [2.75, 3.05) is 0 Å². The van der Waals surface area contributed by atoms with Crippen molar-refractivity contribution >= 4 is 16.7 Å². The fraction of sp³-hybridized carbons (Fsp3) is 0.227. The van der Waals surface area contributed by atoms with Gasteiger partial charge in [-0.3, -0.25) is 10.1 Å². The van der Waals surface area contributed by atoms with Crippen LogP contribution in [0.1, 0.15) is 31.0 Å². The summed E-state index contributed by atoms with van der Waals surface area (Å²) in [6.07, 6.45) is 0. The van der Waals surface area contributed by atoms with Gasteiger partial charge < -0.3 is 5.32 Å². The number of fused-ring (bicyclic) bond motifs is 1. The summed E-state index contributed by atoms with van der Waals surface area (Å²) in [6, 6.07) is 24.4. The van der Waals surface area contributed by atoms with Crippen LogP contribution in [0.25, 0.3) is 10.8 Å². The minimum atomic E-state index is -0.266. The highest BCUT2D eigenvalue weighted by Crippen LogP contribution is 2.24. The number of benzene rings is 3. The number of hydrogen-bond acceptors (Lipinski definition) is 2. The minimum Gasteiger partial charge on any atom is -0.351 e. The molecule has 3 aromatic rings. The Morgan fingerprint density at radius 2 is 1.56 bits per heavy atom. The van der Waals surface area contributed by atoms with Crippen LogP contribution in [-0.2, 0) is 11.3 Å². The van der Waals surface area contributed by atoms with Gasteiger partial charge in [0, 0.05) is 12.6 Å². The largest absolute Gasteiger partial charge is 0.351 e. The molecule has 128 valence electrons. The van der Waals surface area contributed by atoms with E-state index in [4.69, 9.17) is 0 Å². The van der Waals surface area contributed by atoms with Crippen LogP contribution in [0.4, 0.5) is 0 Å². The normalized spacial score (nSPS) is 13.4. The molecule has 2 unspecified atom stereocenters. The van der Waals surface area contributed by atoms with E-state index >= 15 is 0 Å². The Labute approximate surface area is 149 Å². The van der Waals surface area contributed by atoms with Gasteiger partial charge in [0.15, 0.2) is 0 Å². The average molecular weight is 332 g/mol. The Balaban J connectivity index is 1.63. The van der Waals surface area contributed by atoms with E-state index in [-0.39, 0.29) is 18.0 Å². The molecule has 3 heteroatoms. The molecule has 0 aromatic heterocycles. The number of rotatable bonds is 6. The van der Waals surface area contributed by atoms with E-state index in [9.17, 15) is 4.79 Å². The van der Waals surface area contributed by atoms with Crippen LogP contribution in [0.15, 0.2) is 72.8 Å². The Hall–Kier alpha value is -2.65. The lowest BCUT2D eigenvalue weighted by Crippen LogP contribution is -2.42. The predicted molar refractivity (Wildman–Crippen MR) is 103 cm³/mol. The first kappa shape index (κ1) is 17.2. The van der Waals surface area contributed by atoms with Crippen LogP contribution in [0.3, 0.4) is 0 Å². The molecule has 0 saturated heterocycles. The standard InChI is InChI=1S/C22H24N2O/c1-16(20-14-8-12-19-11-6-7-13-21(19)20)24-17(2)22(25)23-15-18-9-4-3-5-10-18/h3-14,16-17,24H,15H2,1-2H3,(H,23,25). The second-order valence-corrected chi connectivity index (χ2v) is 6.38. The zero-order valence-electron chi connectivity index (χ0n) is 14.7. The maximum absolute atomic E-state index is 12.4. The number of hydrogen-bond donors (Lipinski definition) is 2. The smallest absolute Gasteiger partial charge is 0.237 e. The maximum atomic E-state index is 12.4. The lowest BCUT2D eigenvalue weighted by molar-refractivity contribution is -0.123. The van der Waals surface area contributed by atoms with Crippen LogP contribution < -0.4 is 10.6 Å². The summed E-state index contributed by atoms with van der Waals surface area (Å²) in [5, 5.41) is 8.84. The summed E-state index contributed by atoms with van der Waals surface area (Å²) in [5.41, 5.74) is 2.31. The third kappa shape index (κ3) is 4.25. The number of carbonyl (C=O) groups is 1. The highest BCUT2D eigenvalue weighted by Gasteiger charge is 2.17. The summed E-state index contributed by atoms with van der Waals surface area (Å²) >= 11 is 0. The molecule has 0 saturated carbocycles.